The van der Waals surface area contributed by atoms with Crippen molar-refractivity contribution in [2.45, 2.75) is 0 Å². The van der Waals surface area contributed by atoms with Crippen molar-refractivity contribution in [1.29, 1.82) is 0 Å². The van der Waals surface area contributed by atoms with Gasteiger partial charge < -0.3 is 11.1 Å². The number of nitrogens with one attached hydrogen (secondary N) is 1. The van der Waals surface area contributed by atoms with Crippen LogP contribution in [-0.4, -0.2) is 6.03 Å². The standard InChI is InChI=1S/C5H7N5O/c1-4(6)2-3-8-5(11)9-10-7/h2-3H,1,6H2,(H,8,11)/b3-2-. The van der Waals surface area contributed by atoms with E-state index >= 15 is 0 Å². The van der Waals surface area contributed by atoms with Gasteiger partial charge in [0.1, 0.15) is 0 Å². The van der Waals surface area contributed by atoms with Gasteiger partial charge in [0.25, 0.3) is 0 Å². The number of nitrogens with zero attached hydrogens (tertiary/aromatic N) is 3. The Morgan fingerprint density at radius 2 is 2.45 bits per heavy atom. The van der Waals surface area contributed by atoms with Crippen molar-refractivity contribution in [2.24, 2.45) is 10.8 Å². The first-order chi connectivity index (χ1) is 5.16. The topological polar surface area (TPSA) is 104 Å². The van der Waals surface area contributed by atoms with Crippen LogP contribution in [0.5, 0.6) is 0 Å². The van der Waals surface area contributed by atoms with E-state index in [1.807, 2.05) is 0 Å². The maximum Gasteiger partial charge on any atom is 0.312 e. The van der Waals surface area contributed by atoms with Crippen LogP contribution in [0.1, 0.15) is 0 Å². The molecule has 0 fully saturated rings. The molecule has 0 saturated carbocycles. The Morgan fingerprint density at radius 1 is 1.82 bits per heavy atom. The van der Waals surface area contributed by atoms with Crippen LogP contribution in [0.3, 0.4) is 0 Å². The third-order valence-electron chi connectivity index (χ3n) is 0.640. The maximum absolute atomic E-state index is 10.4. The van der Waals surface area contributed by atoms with Gasteiger partial charge in [-0.1, -0.05) is 6.58 Å². The fourth-order valence-corrected chi connectivity index (χ4v) is 0.289. The second-order valence-electron chi connectivity index (χ2n) is 1.55. The van der Waals surface area contributed by atoms with Crippen molar-refractivity contribution in [1.82, 2.24) is 5.32 Å². The highest BCUT2D eigenvalue weighted by atomic mass is 16.2. The largest absolute Gasteiger partial charge is 0.399 e. The SMILES string of the molecule is C=C(N)/C=C\NC(=O)N=[N+]=[N-]. The molecule has 0 radical (unpaired) electrons. The zero-order valence-corrected chi connectivity index (χ0v) is 5.69. The Bertz CT molecular complexity index is 237. The first-order valence-electron chi connectivity index (χ1n) is 2.63. The van der Waals surface area contributed by atoms with Gasteiger partial charge in [-0.25, -0.2) is 0 Å². The minimum Gasteiger partial charge on any atom is -0.399 e. The van der Waals surface area contributed by atoms with E-state index in [0.29, 0.717) is 5.70 Å². The third-order valence-corrected chi connectivity index (χ3v) is 0.640. The molecular formula is C5H7N5O. The Hall–Kier alpha value is -1.94. The fourth-order valence-electron chi connectivity index (χ4n) is 0.289. The van der Waals surface area contributed by atoms with Crippen LogP contribution in [0.15, 0.2) is 29.7 Å². The molecule has 0 rings (SSSR count). The third kappa shape index (κ3) is 5.94. The summed E-state index contributed by atoms with van der Waals surface area (Å²) in [4.78, 5) is 12.6. The molecule has 0 aromatic carbocycles. The van der Waals surface area contributed by atoms with E-state index in [1.165, 1.54) is 12.3 Å². The summed E-state index contributed by atoms with van der Waals surface area (Å²) in [5.41, 5.74) is 13.2. The van der Waals surface area contributed by atoms with Crippen molar-refractivity contribution in [2.75, 3.05) is 0 Å². The lowest BCUT2D eigenvalue weighted by molar-refractivity contribution is 0.252. The zero-order chi connectivity index (χ0) is 8.69. The molecule has 0 aromatic heterocycles. The molecule has 0 saturated heterocycles. The number of urea groups is 1. The van der Waals surface area contributed by atoms with Crippen molar-refractivity contribution in [3.8, 4) is 0 Å². The predicted molar refractivity (Wildman–Crippen MR) is 40.1 cm³/mol. The van der Waals surface area contributed by atoms with Gasteiger partial charge in [-0.3, -0.25) is 4.79 Å². The highest BCUT2D eigenvalue weighted by molar-refractivity contribution is 5.75. The van der Waals surface area contributed by atoms with Gasteiger partial charge in [0.15, 0.2) is 0 Å². The van der Waals surface area contributed by atoms with Gasteiger partial charge in [0, 0.05) is 21.9 Å². The highest BCUT2D eigenvalue weighted by Crippen LogP contribution is 1.79. The van der Waals surface area contributed by atoms with E-state index in [-0.39, 0.29) is 0 Å². The number of azide groups is 1. The van der Waals surface area contributed by atoms with E-state index in [4.69, 9.17) is 11.3 Å². The number of carbonyl (C=O) groups excluding carboxylic acids is 1. The van der Waals surface area contributed by atoms with Crippen LogP contribution in [0, 0.1) is 0 Å². The Kier molecular flexibility index (Phi) is 4.03. The minimum absolute atomic E-state index is 0.297. The summed E-state index contributed by atoms with van der Waals surface area (Å²) in [5, 5.41) is 4.86. The lowest BCUT2D eigenvalue weighted by Gasteiger charge is -1.89. The van der Waals surface area contributed by atoms with E-state index in [9.17, 15) is 4.79 Å². The van der Waals surface area contributed by atoms with Crippen LogP contribution >= 0.6 is 0 Å². The molecule has 0 aliphatic carbocycles. The molecule has 2 amide bonds. The molecule has 6 nitrogen and oxygen atoms in total. The van der Waals surface area contributed by atoms with Gasteiger partial charge in [-0.2, -0.15) is 0 Å². The summed E-state index contributed by atoms with van der Waals surface area (Å²) < 4.78 is 0. The molecule has 58 valence electrons. The monoisotopic (exact) mass is 153 g/mol. The lowest BCUT2D eigenvalue weighted by atomic mass is 10.5. The number of hydrogen-bond acceptors (Lipinski definition) is 2. The Morgan fingerprint density at radius 3 is 2.91 bits per heavy atom. The maximum atomic E-state index is 10.4. The lowest BCUT2D eigenvalue weighted by Crippen LogP contribution is -2.11. The molecule has 0 atom stereocenters. The Balaban J connectivity index is 3.79. The van der Waals surface area contributed by atoms with E-state index in [1.54, 1.807) is 0 Å². The summed E-state index contributed by atoms with van der Waals surface area (Å²) in [5.74, 6) is 0. The van der Waals surface area contributed by atoms with Crippen LogP contribution < -0.4 is 11.1 Å². The van der Waals surface area contributed by atoms with Crippen LogP contribution in [0.25, 0.3) is 10.4 Å². The fraction of sp³-hybridized carbons (Fsp3) is 0. The smallest absolute Gasteiger partial charge is 0.312 e. The first kappa shape index (κ1) is 9.06. The van der Waals surface area contributed by atoms with Gasteiger partial charge >= 0.3 is 6.03 Å². The average Bonchev–Trinajstić information content (AvgIpc) is 1.87. The molecule has 0 unspecified atom stereocenters. The molecule has 0 bridgehead atoms. The molecule has 0 aliphatic heterocycles. The molecule has 0 aromatic rings. The minimum atomic E-state index is -0.787. The number of rotatable bonds is 2. The van der Waals surface area contributed by atoms with Crippen LogP contribution in [0.2, 0.25) is 0 Å². The van der Waals surface area contributed by atoms with E-state index in [0.717, 1.165) is 0 Å². The second-order valence-corrected chi connectivity index (χ2v) is 1.55. The van der Waals surface area contributed by atoms with Crippen molar-refractivity contribution >= 4 is 6.03 Å². The average molecular weight is 153 g/mol. The Labute approximate surface area is 63.0 Å². The zero-order valence-electron chi connectivity index (χ0n) is 5.69. The van der Waals surface area contributed by atoms with Gasteiger partial charge in [-0.05, 0) is 11.6 Å². The predicted octanol–water partition coefficient (Wildman–Crippen LogP) is 0.992. The second kappa shape index (κ2) is 4.89. The number of nitrogens with two attached hydrogens (primary N) is 1. The van der Waals surface area contributed by atoms with Crippen molar-refractivity contribution in [3.05, 3.63) is 35.0 Å². The molecule has 0 aliphatic rings. The summed E-state index contributed by atoms with van der Waals surface area (Å²) >= 11 is 0. The molecule has 6 heteroatoms. The summed E-state index contributed by atoms with van der Waals surface area (Å²) in [6.07, 6.45) is 2.60. The molecule has 3 N–H and O–H groups in total. The normalized spacial score (nSPS) is 8.73. The van der Waals surface area contributed by atoms with E-state index < -0.39 is 6.03 Å². The molecular weight excluding hydrogens is 146 g/mol. The van der Waals surface area contributed by atoms with Crippen LogP contribution in [-0.2, 0) is 0 Å². The number of amides is 2. The van der Waals surface area contributed by atoms with Crippen molar-refractivity contribution < 1.29 is 4.79 Å². The molecule has 0 spiro atoms. The number of carbonyl (C=O) groups is 1. The van der Waals surface area contributed by atoms with Gasteiger partial charge in [-0.15, -0.1) is 0 Å². The van der Waals surface area contributed by atoms with Crippen LogP contribution in [0.4, 0.5) is 4.79 Å². The molecule has 11 heavy (non-hydrogen) atoms. The highest BCUT2D eigenvalue weighted by Gasteiger charge is 1.87. The van der Waals surface area contributed by atoms with Crippen molar-refractivity contribution in [3.63, 3.8) is 0 Å². The summed E-state index contributed by atoms with van der Waals surface area (Å²) in [6.45, 7) is 3.33. The number of allylic oxidation sites excluding steroid dienone is 1. The quantitative estimate of drug-likeness (QED) is 0.267. The summed E-state index contributed by atoms with van der Waals surface area (Å²) in [6, 6.07) is -0.787. The first-order valence-corrected chi connectivity index (χ1v) is 2.63. The summed E-state index contributed by atoms with van der Waals surface area (Å²) in [7, 11) is 0. The molecule has 0 heterocycles. The van der Waals surface area contributed by atoms with E-state index in [2.05, 4.69) is 21.9 Å². The van der Waals surface area contributed by atoms with Gasteiger partial charge in [0.05, 0.1) is 0 Å². The van der Waals surface area contributed by atoms with Gasteiger partial charge in [0.2, 0.25) is 0 Å². The number of hydrogen-bond donors (Lipinski definition) is 2.